The SMILES string of the molecule is CN(C)CCCOc1ccc(-c2ccc3nc4cccc(N5CCC(N(C)C)CC5)c4n3c2)cn1. The number of fused-ring (bicyclic) bond motifs is 3. The molecule has 0 radical (unpaired) electrons. The zero-order chi connectivity index (χ0) is 24.4. The average Bonchev–Trinajstić information content (AvgIpc) is 3.25. The van der Waals surface area contributed by atoms with Gasteiger partial charge in [0.25, 0.3) is 0 Å². The van der Waals surface area contributed by atoms with Gasteiger partial charge >= 0.3 is 0 Å². The maximum Gasteiger partial charge on any atom is 0.213 e. The summed E-state index contributed by atoms with van der Waals surface area (Å²) in [7, 11) is 8.52. The normalized spacial score (nSPS) is 15.1. The monoisotopic (exact) mass is 472 g/mol. The lowest BCUT2D eigenvalue weighted by atomic mass is 10.0. The molecule has 0 aliphatic carbocycles. The third kappa shape index (κ3) is 5.11. The second-order valence-electron chi connectivity index (χ2n) is 9.97. The van der Waals surface area contributed by atoms with Gasteiger partial charge in [0.2, 0.25) is 5.88 Å². The van der Waals surface area contributed by atoms with E-state index < -0.39 is 0 Å². The van der Waals surface area contributed by atoms with E-state index in [1.165, 1.54) is 24.0 Å². The lowest BCUT2D eigenvalue weighted by Gasteiger charge is -2.36. The Bertz CT molecular complexity index is 1270. The first-order valence-corrected chi connectivity index (χ1v) is 12.6. The lowest BCUT2D eigenvalue weighted by Crippen LogP contribution is -2.42. The van der Waals surface area contributed by atoms with Gasteiger partial charge in [-0.3, -0.25) is 4.40 Å². The molecule has 0 N–H and O–H groups in total. The highest BCUT2D eigenvalue weighted by molar-refractivity contribution is 5.92. The van der Waals surface area contributed by atoms with Crippen molar-refractivity contribution in [3.63, 3.8) is 0 Å². The average molecular weight is 473 g/mol. The number of para-hydroxylation sites is 1. The minimum absolute atomic E-state index is 0.659. The summed E-state index contributed by atoms with van der Waals surface area (Å²) in [5.74, 6) is 0.671. The maximum absolute atomic E-state index is 5.81. The molecule has 0 bridgehead atoms. The van der Waals surface area contributed by atoms with Crippen LogP contribution in [0.1, 0.15) is 19.3 Å². The first-order chi connectivity index (χ1) is 17.0. The Morgan fingerprint density at radius 1 is 0.971 bits per heavy atom. The third-order valence-electron chi connectivity index (χ3n) is 7.00. The molecule has 4 heterocycles. The van der Waals surface area contributed by atoms with Gasteiger partial charge in [-0.2, -0.15) is 0 Å². The van der Waals surface area contributed by atoms with Crippen LogP contribution in [0.25, 0.3) is 27.8 Å². The molecular formula is C28H36N6O. The van der Waals surface area contributed by atoms with Crippen LogP contribution in [-0.4, -0.2) is 84.6 Å². The minimum Gasteiger partial charge on any atom is -0.478 e. The van der Waals surface area contributed by atoms with Crippen molar-refractivity contribution >= 4 is 22.4 Å². The predicted octanol–water partition coefficient (Wildman–Crippen LogP) is 4.41. The highest BCUT2D eigenvalue weighted by Crippen LogP contribution is 2.32. The Morgan fingerprint density at radius 2 is 1.77 bits per heavy atom. The zero-order valence-corrected chi connectivity index (χ0v) is 21.3. The Morgan fingerprint density at radius 3 is 2.49 bits per heavy atom. The third-order valence-corrected chi connectivity index (χ3v) is 7.00. The minimum atomic E-state index is 0.659. The van der Waals surface area contributed by atoms with Crippen molar-refractivity contribution in [1.82, 2.24) is 24.2 Å². The fraction of sp³-hybridized carbons (Fsp3) is 0.429. The van der Waals surface area contributed by atoms with Gasteiger partial charge in [0.05, 0.1) is 23.3 Å². The molecule has 0 spiro atoms. The number of ether oxygens (including phenoxy) is 1. The van der Waals surface area contributed by atoms with E-state index in [9.17, 15) is 0 Å². The quantitative estimate of drug-likeness (QED) is 0.354. The second-order valence-corrected chi connectivity index (χ2v) is 9.97. The molecule has 5 rings (SSSR count). The fourth-order valence-electron chi connectivity index (χ4n) is 4.99. The number of piperidine rings is 1. The van der Waals surface area contributed by atoms with E-state index in [-0.39, 0.29) is 0 Å². The molecule has 7 heteroatoms. The van der Waals surface area contributed by atoms with E-state index in [1.807, 2.05) is 12.3 Å². The number of hydrogen-bond donors (Lipinski definition) is 0. The summed E-state index contributed by atoms with van der Waals surface area (Å²) >= 11 is 0. The standard InChI is InChI=1S/C28H36N6O/c1-31(2)15-6-18-35-27-12-10-21(19-29-27)22-9-11-26-30-24-7-5-8-25(28(24)34(26)20-22)33-16-13-23(14-17-33)32(3)4/h5,7-12,19-20,23H,6,13-18H2,1-4H3. The molecule has 1 saturated heterocycles. The fourth-order valence-corrected chi connectivity index (χ4v) is 4.99. The molecule has 0 atom stereocenters. The molecule has 184 valence electrons. The summed E-state index contributed by atoms with van der Waals surface area (Å²) in [6, 6.07) is 15.4. The van der Waals surface area contributed by atoms with Crippen LogP contribution in [0.3, 0.4) is 0 Å². The molecule has 3 aromatic heterocycles. The zero-order valence-electron chi connectivity index (χ0n) is 21.3. The Balaban J connectivity index is 1.40. The number of pyridine rings is 2. The Kier molecular flexibility index (Phi) is 6.88. The van der Waals surface area contributed by atoms with Gasteiger partial charge in [0.15, 0.2) is 0 Å². The molecular weight excluding hydrogens is 436 g/mol. The topological polar surface area (TPSA) is 49.1 Å². The molecule has 1 aliphatic heterocycles. The van der Waals surface area contributed by atoms with Gasteiger partial charge in [-0.05, 0) is 77.8 Å². The van der Waals surface area contributed by atoms with Gasteiger partial charge in [0, 0.05) is 55.3 Å². The van der Waals surface area contributed by atoms with Crippen LogP contribution < -0.4 is 9.64 Å². The number of benzene rings is 1. The van der Waals surface area contributed by atoms with Gasteiger partial charge in [-0.15, -0.1) is 0 Å². The van der Waals surface area contributed by atoms with Gasteiger partial charge in [0.1, 0.15) is 5.65 Å². The van der Waals surface area contributed by atoms with Crippen LogP contribution in [0.5, 0.6) is 5.88 Å². The number of hydrogen-bond acceptors (Lipinski definition) is 6. The van der Waals surface area contributed by atoms with Crippen molar-refractivity contribution in [1.29, 1.82) is 0 Å². The smallest absolute Gasteiger partial charge is 0.213 e. The van der Waals surface area contributed by atoms with Crippen molar-refractivity contribution in [2.45, 2.75) is 25.3 Å². The van der Waals surface area contributed by atoms with Crippen molar-refractivity contribution < 1.29 is 4.74 Å². The summed E-state index contributed by atoms with van der Waals surface area (Å²) < 4.78 is 8.05. The number of aromatic nitrogens is 3. The lowest BCUT2D eigenvalue weighted by molar-refractivity contribution is 0.250. The molecule has 7 nitrogen and oxygen atoms in total. The Hall–Kier alpha value is -3.16. The molecule has 1 aromatic carbocycles. The number of nitrogens with zero attached hydrogens (tertiary/aromatic N) is 6. The summed E-state index contributed by atoms with van der Waals surface area (Å²) in [6.45, 7) is 3.81. The van der Waals surface area contributed by atoms with Crippen molar-refractivity contribution in [2.75, 3.05) is 59.3 Å². The molecule has 4 aromatic rings. The number of anilines is 1. The van der Waals surface area contributed by atoms with Crippen LogP contribution in [0.4, 0.5) is 5.69 Å². The number of imidazole rings is 1. The highest BCUT2D eigenvalue weighted by atomic mass is 16.5. The van der Waals surface area contributed by atoms with Crippen LogP contribution in [0.2, 0.25) is 0 Å². The predicted molar refractivity (Wildman–Crippen MR) is 144 cm³/mol. The summed E-state index contributed by atoms with van der Waals surface area (Å²) in [6.07, 6.45) is 7.43. The summed E-state index contributed by atoms with van der Waals surface area (Å²) in [5.41, 5.74) is 6.64. The molecule has 35 heavy (non-hydrogen) atoms. The van der Waals surface area contributed by atoms with E-state index in [0.717, 1.165) is 48.3 Å². The van der Waals surface area contributed by atoms with E-state index in [1.54, 1.807) is 0 Å². The summed E-state index contributed by atoms with van der Waals surface area (Å²) in [5, 5.41) is 0. The van der Waals surface area contributed by atoms with E-state index in [0.29, 0.717) is 18.5 Å². The van der Waals surface area contributed by atoms with E-state index in [2.05, 4.69) is 94.9 Å². The highest BCUT2D eigenvalue weighted by Gasteiger charge is 2.23. The van der Waals surface area contributed by atoms with Crippen LogP contribution in [0, 0.1) is 0 Å². The summed E-state index contributed by atoms with van der Waals surface area (Å²) in [4.78, 5) is 16.5. The second kappa shape index (κ2) is 10.2. The van der Waals surface area contributed by atoms with E-state index in [4.69, 9.17) is 9.72 Å². The molecule has 0 amide bonds. The van der Waals surface area contributed by atoms with Crippen molar-refractivity contribution in [3.05, 3.63) is 54.9 Å². The maximum atomic E-state index is 5.81. The van der Waals surface area contributed by atoms with Gasteiger partial charge in [-0.25, -0.2) is 9.97 Å². The van der Waals surface area contributed by atoms with Gasteiger partial charge < -0.3 is 19.4 Å². The Labute approximate surface area is 207 Å². The van der Waals surface area contributed by atoms with Crippen LogP contribution in [-0.2, 0) is 0 Å². The largest absolute Gasteiger partial charge is 0.478 e. The molecule has 1 aliphatic rings. The van der Waals surface area contributed by atoms with Crippen LogP contribution in [0.15, 0.2) is 54.9 Å². The molecule has 0 unspecified atom stereocenters. The van der Waals surface area contributed by atoms with E-state index >= 15 is 0 Å². The van der Waals surface area contributed by atoms with Crippen molar-refractivity contribution in [3.8, 4) is 17.0 Å². The molecule has 1 fully saturated rings. The first-order valence-electron chi connectivity index (χ1n) is 12.6. The first kappa shape index (κ1) is 23.6. The van der Waals surface area contributed by atoms with Crippen LogP contribution >= 0.6 is 0 Å². The number of rotatable bonds is 8. The van der Waals surface area contributed by atoms with Crippen molar-refractivity contribution in [2.24, 2.45) is 0 Å². The van der Waals surface area contributed by atoms with Gasteiger partial charge in [-0.1, -0.05) is 6.07 Å². The molecule has 0 saturated carbocycles.